The van der Waals surface area contributed by atoms with Crippen molar-refractivity contribution < 1.29 is 0 Å². The largest absolute Gasteiger partial charge is 0.310 e. The molecule has 264 valence electrons. The number of rotatable bonds is 6. The smallest absolute Gasteiger partial charge is 0.0725 e. The van der Waals surface area contributed by atoms with E-state index in [4.69, 9.17) is 0 Å². The quantitative estimate of drug-likeness (QED) is 0.166. The normalized spacial score (nSPS) is 12.9. The van der Waals surface area contributed by atoms with E-state index in [2.05, 4.69) is 218 Å². The minimum atomic E-state index is -0.346. The van der Waals surface area contributed by atoms with E-state index in [1.807, 2.05) is 0 Å². The van der Waals surface area contributed by atoms with Crippen LogP contribution in [0.5, 0.6) is 0 Å². The lowest BCUT2D eigenvalue weighted by Gasteiger charge is -2.30. The summed E-state index contributed by atoms with van der Waals surface area (Å²) >= 11 is 0. The Kier molecular flexibility index (Phi) is 7.44. The first-order valence-corrected chi connectivity index (χ1v) is 19.6. The number of aryl methyl sites for hydroxylation is 1. The Morgan fingerprint density at radius 3 is 1.55 bits per heavy atom. The Morgan fingerprint density at radius 2 is 0.893 bits per heavy atom. The Morgan fingerprint density at radius 1 is 0.357 bits per heavy atom. The van der Waals surface area contributed by atoms with Crippen LogP contribution in [0.2, 0.25) is 0 Å². The number of hydrogen-bond donors (Lipinski definition) is 0. The minimum Gasteiger partial charge on any atom is -0.310 e. The molecule has 0 aromatic heterocycles. The van der Waals surface area contributed by atoms with Crippen LogP contribution < -0.4 is 4.90 Å². The van der Waals surface area contributed by atoms with Gasteiger partial charge in [0.2, 0.25) is 0 Å². The monoisotopic (exact) mass is 713 g/mol. The molecule has 0 atom stereocenters. The summed E-state index contributed by atoms with van der Waals surface area (Å²) < 4.78 is 0. The molecule has 0 radical (unpaired) electrons. The van der Waals surface area contributed by atoms with Gasteiger partial charge < -0.3 is 4.90 Å². The second kappa shape index (κ2) is 12.8. The molecule has 0 heterocycles. The van der Waals surface area contributed by atoms with Crippen molar-refractivity contribution in [1.29, 1.82) is 0 Å². The number of anilines is 3. The van der Waals surface area contributed by atoms with Crippen LogP contribution in [-0.2, 0) is 11.8 Å². The molecule has 0 saturated carbocycles. The lowest BCUT2D eigenvalue weighted by Crippen LogP contribution is -2.25. The van der Waals surface area contributed by atoms with Gasteiger partial charge in [-0.3, -0.25) is 0 Å². The lowest BCUT2D eigenvalue weighted by atomic mass is 9.70. The van der Waals surface area contributed by atoms with Crippen molar-refractivity contribution in [2.24, 2.45) is 0 Å². The average molecular weight is 714 g/mol. The van der Waals surface area contributed by atoms with Crippen molar-refractivity contribution in [2.75, 3.05) is 4.90 Å². The first-order valence-electron chi connectivity index (χ1n) is 19.6. The van der Waals surface area contributed by atoms with Crippen LogP contribution >= 0.6 is 0 Å². The van der Waals surface area contributed by atoms with Crippen molar-refractivity contribution in [2.45, 2.75) is 18.8 Å². The van der Waals surface area contributed by atoms with Crippen LogP contribution in [0.15, 0.2) is 206 Å². The van der Waals surface area contributed by atoms with Crippen molar-refractivity contribution in [1.82, 2.24) is 0 Å². The van der Waals surface area contributed by atoms with Crippen LogP contribution in [-0.4, -0.2) is 0 Å². The predicted molar refractivity (Wildman–Crippen MR) is 234 cm³/mol. The highest BCUT2D eigenvalue weighted by atomic mass is 15.1. The number of fused-ring (bicyclic) bond motifs is 11. The number of hydrogen-bond acceptors (Lipinski definition) is 1. The molecule has 0 saturated heterocycles. The van der Waals surface area contributed by atoms with Gasteiger partial charge in [-0.25, -0.2) is 0 Å². The van der Waals surface area contributed by atoms with Gasteiger partial charge >= 0.3 is 0 Å². The highest BCUT2D eigenvalue weighted by Crippen LogP contribution is 2.63. The average Bonchev–Trinajstić information content (AvgIpc) is 3.71. The van der Waals surface area contributed by atoms with Crippen molar-refractivity contribution in [3.8, 4) is 33.4 Å². The fourth-order valence-corrected chi connectivity index (χ4v) is 9.83. The molecule has 0 fully saturated rings. The summed E-state index contributed by atoms with van der Waals surface area (Å²) in [6.45, 7) is 2.25. The van der Waals surface area contributed by atoms with Gasteiger partial charge in [-0.15, -0.1) is 0 Å². The van der Waals surface area contributed by atoms with Gasteiger partial charge in [0.25, 0.3) is 0 Å². The summed E-state index contributed by atoms with van der Waals surface area (Å²) in [4.78, 5) is 2.40. The number of benzene rings is 9. The fraction of sp³-hybridized carbons (Fsp3) is 0.0545. The highest BCUT2D eigenvalue weighted by Gasteiger charge is 2.51. The molecule has 56 heavy (non-hydrogen) atoms. The molecule has 2 aliphatic rings. The Bertz CT molecular complexity index is 2910. The first kappa shape index (κ1) is 32.5. The number of nitrogens with zero attached hydrogens (tertiary/aromatic N) is 1. The molecule has 0 N–H and O–H groups in total. The number of para-hydroxylation sites is 1. The molecule has 0 amide bonds. The molecule has 9 aromatic carbocycles. The fourth-order valence-electron chi connectivity index (χ4n) is 9.83. The minimum absolute atomic E-state index is 0.346. The standard InChI is InChI=1S/C55H39N/c1-37-32-43(30-31-45(37)46-21-9-8-18-40(46)33-38-16-4-2-5-17-38)56(42-19-6-3-7-20-42)44-29-28-39-36-54-50(35-41(39)34-44)49-24-12-15-27-53(49)55(54)51-25-13-10-22-47(51)48-23-11-14-26-52(48)55/h2-32,34-36H,33H2,1H3. The van der Waals surface area contributed by atoms with Crippen LogP contribution in [0, 0.1) is 6.92 Å². The van der Waals surface area contributed by atoms with Crippen LogP contribution in [0.1, 0.15) is 38.9 Å². The lowest BCUT2D eigenvalue weighted by molar-refractivity contribution is 0.795. The summed E-state index contributed by atoms with van der Waals surface area (Å²) in [5, 5.41) is 2.48. The SMILES string of the molecule is Cc1cc(N(c2ccccc2)c2ccc3cc4c(cc3c2)-c2ccccc2C42c3ccccc3-c3ccccc32)ccc1-c1ccccc1Cc1ccccc1. The van der Waals surface area contributed by atoms with Gasteiger partial charge in [0.15, 0.2) is 0 Å². The van der Waals surface area contributed by atoms with E-state index in [9.17, 15) is 0 Å². The summed E-state index contributed by atoms with van der Waals surface area (Å²) in [7, 11) is 0. The van der Waals surface area contributed by atoms with E-state index in [1.165, 1.54) is 83.1 Å². The van der Waals surface area contributed by atoms with Crippen molar-refractivity contribution in [3.63, 3.8) is 0 Å². The van der Waals surface area contributed by atoms with Gasteiger partial charge in [-0.2, -0.15) is 0 Å². The Balaban J connectivity index is 1.05. The zero-order valence-electron chi connectivity index (χ0n) is 31.3. The van der Waals surface area contributed by atoms with Gasteiger partial charge in [-0.05, 0) is 145 Å². The van der Waals surface area contributed by atoms with Crippen molar-refractivity contribution in [3.05, 3.63) is 245 Å². The second-order valence-electron chi connectivity index (χ2n) is 15.3. The predicted octanol–water partition coefficient (Wildman–Crippen LogP) is 14.2. The molecule has 0 aliphatic heterocycles. The Hall–Kier alpha value is -6.96. The van der Waals surface area contributed by atoms with E-state index < -0.39 is 0 Å². The first-order chi connectivity index (χ1) is 27.7. The maximum absolute atomic E-state index is 2.48. The van der Waals surface area contributed by atoms with E-state index in [0.29, 0.717) is 0 Å². The summed E-state index contributed by atoms with van der Waals surface area (Å²) in [5.74, 6) is 0. The highest BCUT2D eigenvalue weighted by molar-refractivity contribution is 6.01. The van der Waals surface area contributed by atoms with Crippen molar-refractivity contribution >= 4 is 27.8 Å². The molecular weight excluding hydrogens is 675 g/mol. The summed E-state index contributed by atoms with van der Waals surface area (Å²) in [5.41, 5.74) is 20.3. The van der Waals surface area contributed by atoms with Crippen LogP contribution in [0.25, 0.3) is 44.2 Å². The molecule has 1 nitrogen and oxygen atoms in total. The van der Waals surface area contributed by atoms with E-state index in [-0.39, 0.29) is 5.41 Å². The third-order valence-corrected chi connectivity index (χ3v) is 12.2. The zero-order valence-corrected chi connectivity index (χ0v) is 31.3. The van der Waals surface area contributed by atoms with Gasteiger partial charge in [-0.1, -0.05) is 158 Å². The molecule has 2 aliphatic carbocycles. The molecule has 9 aromatic rings. The maximum Gasteiger partial charge on any atom is 0.0725 e. The summed E-state index contributed by atoms with van der Waals surface area (Å²) in [6, 6.07) is 76.4. The van der Waals surface area contributed by atoms with E-state index in [0.717, 1.165) is 23.5 Å². The maximum atomic E-state index is 2.48. The molecule has 0 bridgehead atoms. The summed E-state index contributed by atoms with van der Waals surface area (Å²) in [6.07, 6.45) is 0.903. The van der Waals surface area contributed by atoms with Gasteiger partial charge in [0, 0.05) is 17.1 Å². The molecule has 1 spiro atoms. The topological polar surface area (TPSA) is 3.24 Å². The van der Waals surface area contributed by atoms with Crippen LogP contribution in [0.4, 0.5) is 17.1 Å². The Labute approximate surface area is 328 Å². The molecule has 0 unspecified atom stereocenters. The third-order valence-electron chi connectivity index (χ3n) is 12.2. The van der Waals surface area contributed by atoms with Crippen LogP contribution in [0.3, 0.4) is 0 Å². The molecule has 11 rings (SSSR count). The second-order valence-corrected chi connectivity index (χ2v) is 15.3. The van der Waals surface area contributed by atoms with Gasteiger partial charge in [0.1, 0.15) is 0 Å². The van der Waals surface area contributed by atoms with E-state index in [1.54, 1.807) is 0 Å². The molecular formula is C55H39N. The van der Waals surface area contributed by atoms with E-state index >= 15 is 0 Å². The third kappa shape index (κ3) is 4.87. The zero-order chi connectivity index (χ0) is 37.2. The molecule has 1 heteroatoms. The van der Waals surface area contributed by atoms with Gasteiger partial charge in [0.05, 0.1) is 5.41 Å².